The highest BCUT2D eigenvalue weighted by Crippen LogP contribution is 2.28. The van der Waals surface area contributed by atoms with E-state index in [1.807, 2.05) is 66.9 Å². The van der Waals surface area contributed by atoms with Gasteiger partial charge in [0.15, 0.2) is 5.82 Å². The van der Waals surface area contributed by atoms with Gasteiger partial charge in [-0.1, -0.05) is 66.7 Å². The molecule has 0 aliphatic heterocycles. The Kier molecular flexibility index (Phi) is 9.46. The minimum absolute atomic E-state index is 0.389. The van der Waals surface area contributed by atoms with Crippen molar-refractivity contribution in [3.8, 4) is 5.75 Å². The number of carbonyl (C=O) groups excluding carboxylic acids is 2. The molecular weight excluding hydrogens is 580 g/mol. The second kappa shape index (κ2) is 13.5. The third-order valence-corrected chi connectivity index (χ3v) is 7.68. The first-order valence-electron chi connectivity index (χ1n) is 15.4. The van der Waals surface area contributed by atoms with Gasteiger partial charge in [-0.3, -0.25) is 4.79 Å². The predicted octanol–water partition coefficient (Wildman–Crippen LogP) is 6.11. The zero-order chi connectivity index (χ0) is 32.9. The zero-order valence-electron chi connectivity index (χ0n) is 27.3. The number of aromatic nitrogens is 4. The lowest BCUT2D eigenvalue weighted by Crippen LogP contribution is -2.56. The average Bonchev–Trinajstić information content (AvgIpc) is 3.60. The molecule has 46 heavy (non-hydrogen) atoms. The lowest BCUT2D eigenvalue weighted by Gasteiger charge is -2.30. The SMILES string of the molecule is COc1ccccc1Cn1c(Cc2ccccc2)nnc1[C@@H](Cc1c[nH]c2ccccc12)NC(=O)C(C)(C)NC(=O)OC(C)(C)C. The monoisotopic (exact) mass is 622 g/mol. The van der Waals surface area contributed by atoms with E-state index >= 15 is 0 Å². The van der Waals surface area contributed by atoms with Crippen LogP contribution >= 0.6 is 0 Å². The van der Waals surface area contributed by atoms with Crippen LogP contribution in [0.1, 0.15) is 69.0 Å². The summed E-state index contributed by atoms with van der Waals surface area (Å²) in [4.78, 5) is 30.0. The smallest absolute Gasteiger partial charge is 0.408 e. The van der Waals surface area contributed by atoms with Crippen LogP contribution in [0, 0.1) is 0 Å². The van der Waals surface area contributed by atoms with Gasteiger partial charge in [-0.2, -0.15) is 0 Å². The van der Waals surface area contributed by atoms with Gasteiger partial charge in [0.25, 0.3) is 0 Å². The molecule has 0 saturated heterocycles. The number of hydrogen-bond donors (Lipinski definition) is 3. The molecule has 0 aliphatic rings. The number of methoxy groups -OCH3 is 1. The minimum atomic E-state index is -1.29. The standard InChI is InChI=1S/C36H42N6O4/c1-35(2,3)46-34(44)39-36(4,5)33(43)38-29(21-26-22-37-28-18-12-11-17-27(26)28)32-41-40-31(20-24-14-8-7-9-15-24)42(32)23-25-16-10-13-19-30(25)45-6/h7-19,22,29,37H,20-21,23H2,1-6H3,(H,38,43)(H,39,44)/t29-/m1/s1. The van der Waals surface area contributed by atoms with Crippen LogP contribution in [-0.2, 0) is 28.9 Å². The quantitative estimate of drug-likeness (QED) is 0.163. The van der Waals surface area contributed by atoms with Crippen LogP contribution in [0.15, 0.2) is 85.1 Å². The van der Waals surface area contributed by atoms with Gasteiger partial charge >= 0.3 is 6.09 Å². The minimum Gasteiger partial charge on any atom is -0.496 e. The molecule has 240 valence electrons. The fourth-order valence-electron chi connectivity index (χ4n) is 5.37. The maximum absolute atomic E-state index is 13.9. The molecule has 10 heteroatoms. The van der Waals surface area contributed by atoms with Gasteiger partial charge in [-0.15, -0.1) is 10.2 Å². The van der Waals surface area contributed by atoms with Crippen molar-refractivity contribution in [3.05, 3.63) is 113 Å². The highest BCUT2D eigenvalue weighted by Gasteiger charge is 2.35. The third kappa shape index (κ3) is 7.74. The van der Waals surface area contributed by atoms with Crippen molar-refractivity contribution in [2.24, 2.45) is 0 Å². The predicted molar refractivity (Wildman–Crippen MR) is 178 cm³/mol. The van der Waals surface area contributed by atoms with Gasteiger partial charge in [0.05, 0.1) is 19.7 Å². The summed E-state index contributed by atoms with van der Waals surface area (Å²) in [7, 11) is 1.65. The number of fused-ring (bicyclic) bond motifs is 1. The summed E-state index contributed by atoms with van der Waals surface area (Å²) in [5.41, 5.74) is 2.04. The van der Waals surface area contributed by atoms with Gasteiger partial charge < -0.3 is 29.7 Å². The topological polar surface area (TPSA) is 123 Å². The van der Waals surface area contributed by atoms with E-state index in [4.69, 9.17) is 14.6 Å². The first kappa shape index (κ1) is 32.3. The first-order chi connectivity index (χ1) is 21.9. The summed E-state index contributed by atoms with van der Waals surface area (Å²) >= 11 is 0. The maximum atomic E-state index is 13.9. The van der Waals surface area contributed by atoms with E-state index in [0.717, 1.165) is 39.2 Å². The van der Waals surface area contributed by atoms with Crippen LogP contribution in [0.4, 0.5) is 4.79 Å². The molecule has 10 nitrogen and oxygen atoms in total. The zero-order valence-corrected chi connectivity index (χ0v) is 27.3. The molecule has 0 unspecified atom stereocenters. The lowest BCUT2D eigenvalue weighted by atomic mass is 10.0. The average molecular weight is 623 g/mol. The number of aromatic amines is 1. The second-order valence-electron chi connectivity index (χ2n) is 12.9. The Labute approximate surface area is 269 Å². The van der Waals surface area contributed by atoms with Gasteiger partial charge in [0.2, 0.25) is 5.91 Å². The van der Waals surface area contributed by atoms with Crippen LogP contribution in [0.3, 0.4) is 0 Å². The lowest BCUT2D eigenvalue weighted by molar-refractivity contribution is -0.127. The molecule has 3 N–H and O–H groups in total. The number of rotatable bonds is 11. The Morgan fingerprint density at radius 2 is 1.59 bits per heavy atom. The van der Waals surface area contributed by atoms with E-state index in [1.165, 1.54) is 0 Å². The normalized spacial score (nSPS) is 12.5. The van der Waals surface area contributed by atoms with Gasteiger partial charge in [-0.25, -0.2) is 4.79 Å². The number of para-hydroxylation sites is 2. The number of H-pyrrole nitrogens is 1. The fraction of sp³-hybridized carbons (Fsp3) is 0.333. The molecule has 0 saturated carbocycles. The highest BCUT2D eigenvalue weighted by molar-refractivity contribution is 5.89. The fourth-order valence-corrected chi connectivity index (χ4v) is 5.37. The van der Waals surface area contributed by atoms with E-state index in [1.54, 1.807) is 41.7 Å². The second-order valence-corrected chi connectivity index (χ2v) is 12.9. The van der Waals surface area contributed by atoms with E-state index in [0.29, 0.717) is 25.2 Å². The van der Waals surface area contributed by atoms with Crippen molar-refractivity contribution in [2.75, 3.05) is 7.11 Å². The molecule has 0 bridgehead atoms. The van der Waals surface area contributed by atoms with E-state index < -0.39 is 23.3 Å². The summed E-state index contributed by atoms with van der Waals surface area (Å²) in [6, 6.07) is 25.3. The Bertz CT molecular complexity index is 1800. The van der Waals surface area contributed by atoms with Crippen molar-refractivity contribution >= 4 is 22.9 Å². The number of carbonyl (C=O) groups is 2. The number of ether oxygens (including phenoxy) is 2. The van der Waals surface area contributed by atoms with Crippen LogP contribution < -0.4 is 15.4 Å². The molecule has 5 rings (SSSR count). The van der Waals surface area contributed by atoms with E-state index in [2.05, 4.69) is 43.5 Å². The van der Waals surface area contributed by atoms with Crippen LogP contribution in [0.25, 0.3) is 10.9 Å². The number of alkyl carbamates (subject to hydrolysis) is 1. The van der Waals surface area contributed by atoms with Gasteiger partial charge in [-0.05, 0) is 57.9 Å². The molecule has 0 radical (unpaired) electrons. The number of hydrogen-bond acceptors (Lipinski definition) is 6. The van der Waals surface area contributed by atoms with Crippen LogP contribution in [-0.4, -0.2) is 50.0 Å². The Balaban J connectivity index is 1.55. The maximum Gasteiger partial charge on any atom is 0.408 e. The summed E-state index contributed by atoms with van der Waals surface area (Å²) in [5.74, 6) is 1.69. The molecule has 2 amide bonds. The third-order valence-electron chi connectivity index (χ3n) is 7.68. The molecule has 2 aromatic heterocycles. The van der Waals surface area contributed by atoms with Crippen molar-refractivity contribution in [1.29, 1.82) is 0 Å². The molecule has 0 aliphatic carbocycles. The molecule has 5 aromatic rings. The summed E-state index contributed by atoms with van der Waals surface area (Å²) in [5, 5.41) is 16.3. The largest absolute Gasteiger partial charge is 0.496 e. The summed E-state index contributed by atoms with van der Waals surface area (Å²) in [6.45, 7) is 9.05. The van der Waals surface area contributed by atoms with Crippen molar-refractivity contribution in [3.63, 3.8) is 0 Å². The molecule has 2 heterocycles. The van der Waals surface area contributed by atoms with E-state index in [9.17, 15) is 9.59 Å². The Morgan fingerprint density at radius 1 is 0.891 bits per heavy atom. The van der Waals surface area contributed by atoms with E-state index in [-0.39, 0.29) is 5.91 Å². The Morgan fingerprint density at radius 3 is 2.33 bits per heavy atom. The van der Waals surface area contributed by atoms with Crippen molar-refractivity contribution in [1.82, 2.24) is 30.4 Å². The van der Waals surface area contributed by atoms with Crippen molar-refractivity contribution < 1.29 is 19.1 Å². The first-order valence-corrected chi connectivity index (χ1v) is 15.4. The Hall–Kier alpha value is -5.12. The van der Waals surface area contributed by atoms with Gasteiger partial charge in [0, 0.05) is 35.5 Å². The molecule has 3 aromatic carbocycles. The van der Waals surface area contributed by atoms with Crippen LogP contribution in [0.2, 0.25) is 0 Å². The molecule has 0 fully saturated rings. The molecule has 1 atom stereocenters. The highest BCUT2D eigenvalue weighted by atomic mass is 16.6. The summed E-state index contributed by atoms with van der Waals surface area (Å²) < 4.78 is 13.2. The van der Waals surface area contributed by atoms with Gasteiger partial charge in [0.1, 0.15) is 22.7 Å². The van der Waals surface area contributed by atoms with Crippen LogP contribution in [0.5, 0.6) is 5.75 Å². The number of nitrogens with zero attached hydrogens (tertiary/aromatic N) is 3. The molecular formula is C36H42N6O4. The van der Waals surface area contributed by atoms with Crippen molar-refractivity contribution in [2.45, 2.75) is 71.2 Å². The molecule has 0 spiro atoms. The number of amides is 2. The summed E-state index contributed by atoms with van der Waals surface area (Å²) in [6.07, 6.45) is 2.25. The number of benzene rings is 3. The number of nitrogens with one attached hydrogen (secondary N) is 3.